The number of amides is 2. The standard InChI is InChI=1S/C35H49N3O10/c1-19(2)17-22(37-32(42)48-33(4,5)6)30(40)36-15-12-26(39)45-20(3)31(41)46-24-11-13-35(43)25-18-21-9-10-23(44-8)28-27(21)34(35,29(24)47-28)14-16-38(25)7/h9-11,19-20,22,25,29,43H,12-18H2,1-8H3,(H,36,40)(H,37,42)/t20-,22-,25+,29-,34-,35+/m0/s1. The number of piperidine rings is 1. The molecule has 2 heterocycles. The summed E-state index contributed by atoms with van der Waals surface area (Å²) in [4.78, 5) is 53.2. The fourth-order valence-corrected chi connectivity index (χ4v) is 7.65. The van der Waals surface area contributed by atoms with Gasteiger partial charge in [-0.1, -0.05) is 19.9 Å². The van der Waals surface area contributed by atoms with Crippen LogP contribution >= 0.6 is 0 Å². The number of carbonyl (C=O) groups is 4. The van der Waals surface area contributed by atoms with Crippen LogP contribution in [0, 0.1) is 5.92 Å². The topological polar surface area (TPSA) is 162 Å². The lowest BCUT2D eigenvalue weighted by Gasteiger charge is -2.61. The van der Waals surface area contributed by atoms with E-state index >= 15 is 0 Å². The van der Waals surface area contributed by atoms with Gasteiger partial charge in [0.05, 0.1) is 24.5 Å². The number of likely N-dealkylation sites (N-methyl/N-ethyl adjacent to an activating group) is 1. The molecule has 0 unspecified atom stereocenters. The number of likely N-dealkylation sites (tertiary alicyclic amines) is 1. The van der Waals surface area contributed by atoms with Crippen molar-refractivity contribution in [2.45, 2.75) is 115 Å². The van der Waals surface area contributed by atoms with Crippen molar-refractivity contribution < 1.29 is 48.0 Å². The highest BCUT2D eigenvalue weighted by Crippen LogP contribution is 2.65. The molecule has 1 spiro atoms. The van der Waals surface area contributed by atoms with E-state index in [0.717, 1.165) is 17.7 Å². The molecule has 13 heteroatoms. The van der Waals surface area contributed by atoms with E-state index in [-0.39, 0.29) is 37.1 Å². The molecule has 5 rings (SSSR count). The third kappa shape index (κ3) is 6.46. The number of benzene rings is 1. The van der Waals surface area contributed by atoms with Gasteiger partial charge in [-0.2, -0.15) is 0 Å². The Hall–Kier alpha value is -3.84. The van der Waals surface area contributed by atoms with Crippen molar-refractivity contribution in [3.05, 3.63) is 35.1 Å². The number of methoxy groups -OCH3 is 1. The summed E-state index contributed by atoms with van der Waals surface area (Å²) < 4.78 is 28.6. The summed E-state index contributed by atoms with van der Waals surface area (Å²) in [6.45, 7) is 11.1. The minimum absolute atomic E-state index is 0.0652. The Balaban J connectivity index is 1.20. The Labute approximate surface area is 281 Å². The van der Waals surface area contributed by atoms with Gasteiger partial charge < -0.3 is 44.3 Å². The fraction of sp³-hybridized carbons (Fsp3) is 0.657. The zero-order valence-electron chi connectivity index (χ0n) is 29.1. The van der Waals surface area contributed by atoms with Crippen LogP contribution in [-0.4, -0.2) is 96.7 Å². The number of alkyl carbamates (subject to hydrolysis) is 1. The first-order valence-electron chi connectivity index (χ1n) is 16.7. The largest absolute Gasteiger partial charge is 0.493 e. The molecule has 1 aromatic carbocycles. The maximum atomic E-state index is 13.3. The molecular weight excluding hydrogens is 622 g/mol. The first kappa shape index (κ1) is 35.5. The second kappa shape index (κ2) is 13.2. The van der Waals surface area contributed by atoms with Gasteiger partial charge in [0.15, 0.2) is 23.7 Å². The smallest absolute Gasteiger partial charge is 0.408 e. The second-order valence-electron chi connectivity index (χ2n) is 14.7. The molecule has 0 radical (unpaired) electrons. The lowest BCUT2D eigenvalue weighted by molar-refractivity contribution is -0.175. The number of ether oxygens (including phenoxy) is 5. The highest BCUT2D eigenvalue weighted by molar-refractivity contribution is 5.86. The summed E-state index contributed by atoms with van der Waals surface area (Å²) in [5, 5.41) is 17.6. The highest BCUT2D eigenvalue weighted by Gasteiger charge is 2.72. The van der Waals surface area contributed by atoms with Crippen LogP contribution in [0.5, 0.6) is 11.5 Å². The molecule has 1 aromatic rings. The summed E-state index contributed by atoms with van der Waals surface area (Å²) in [5.41, 5.74) is -0.717. The van der Waals surface area contributed by atoms with Crippen molar-refractivity contribution in [2.24, 2.45) is 5.92 Å². The molecule has 13 nitrogen and oxygen atoms in total. The molecule has 0 saturated carbocycles. The molecule has 2 aliphatic heterocycles. The highest BCUT2D eigenvalue weighted by atomic mass is 16.6. The Morgan fingerprint density at radius 2 is 1.90 bits per heavy atom. The summed E-state index contributed by atoms with van der Waals surface area (Å²) in [7, 11) is 3.58. The third-order valence-electron chi connectivity index (χ3n) is 9.76. The zero-order valence-corrected chi connectivity index (χ0v) is 29.1. The summed E-state index contributed by atoms with van der Waals surface area (Å²) in [6.07, 6.45) is 0.646. The maximum Gasteiger partial charge on any atom is 0.408 e. The van der Waals surface area contributed by atoms with Crippen molar-refractivity contribution >= 4 is 23.9 Å². The van der Waals surface area contributed by atoms with E-state index in [1.165, 1.54) is 6.92 Å². The Morgan fingerprint density at radius 3 is 2.56 bits per heavy atom. The molecule has 48 heavy (non-hydrogen) atoms. The minimum Gasteiger partial charge on any atom is -0.493 e. The van der Waals surface area contributed by atoms with Crippen LogP contribution < -0.4 is 20.1 Å². The van der Waals surface area contributed by atoms with Crippen molar-refractivity contribution in [1.82, 2.24) is 15.5 Å². The van der Waals surface area contributed by atoms with E-state index in [1.54, 1.807) is 34.0 Å². The first-order chi connectivity index (χ1) is 22.5. The van der Waals surface area contributed by atoms with E-state index in [0.29, 0.717) is 30.8 Å². The number of esters is 2. The third-order valence-corrected chi connectivity index (χ3v) is 9.76. The Morgan fingerprint density at radius 1 is 1.17 bits per heavy atom. The van der Waals surface area contributed by atoms with E-state index < -0.39 is 58.8 Å². The van der Waals surface area contributed by atoms with Crippen molar-refractivity contribution in [3.8, 4) is 11.5 Å². The molecule has 3 N–H and O–H groups in total. The van der Waals surface area contributed by atoms with Crippen LogP contribution in [0.1, 0.15) is 78.4 Å². The number of hydrogen-bond acceptors (Lipinski definition) is 11. The van der Waals surface area contributed by atoms with Crippen LogP contribution in [0.15, 0.2) is 24.0 Å². The molecule has 264 valence electrons. The number of nitrogens with zero attached hydrogens (tertiary/aromatic N) is 1. The number of rotatable bonds is 11. The predicted octanol–water partition coefficient (Wildman–Crippen LogP) is 2.89. The molecule has 2 aliphatic carbocycles. The summed E-state index contributed by atoms with van der Waals surface area (Å²) in [5.74, 6) is -0.483. The van der Waals surface area contributed by atoms with Crippen LogP contribution in [0.2, 0.25) is 0 Å². The van der Waals surface area contributed by atoms with Crippen molar-refractivity contribution in [1.29, 1.82) is 0 Å². The van der Waals surface area contributed by atoms with E-state index in [2.05, 4.69) is 15.5 Å². The van der Waals surface area contributed by atoms with Gasteiger partial charge in [-0.25, -0.2) is 9.59 Å². The molecule has 6 atom stereocenters. The van der Waals surface area contributed by atoms with Crippen LogP contribution in [0.25, 0.3) is 0 Å². The second-order valence-corrected chi connectivity index (χ2v) is 14.7. The maximum absolute atomic E-state index is 13.3. The average Bonchev–Trinajstić information content (AvgIpc) is 3.34. The molecule has 4 aliphatic rings. The van der Waals surface area contributed by atoms with Crippen LogP contribution in [-0.2, 0) is 40.4 Å². The lowest BCUT2D eigenvalue weighted by atomic mass is 9.50. The molecule has 2 amide bonds. The number of nitrogens with one attached hydrogen (secondary N) is 2. The van der Waals surface area contributed by atoms with E-state index in [1.807, 2.05) is 33.0 Å². The summed E-state index contributed by atoms with van der Waals surface area (Å²) in [6, 6.07) is 2.89. The van der Waals surface area contributed by atoms with Gasteiger partial charge in [0.2, 0.25) is 5.91 Å². The zero-order chi connectivity index (χ0) is 35.2. The number of aliphatic hydroxyl groups is 1. The fourth-order valence-electron chi connectivity index (χ4n) is 7.65. The van der Waals surface area contributed by atoms with Gasteiger partial charge in [0.25, 0.3) is 0 Å². The van der Waals surface area contributed by atoms with Gasteiger partial charge in [-0.15, -0.1) is 0 Å². The van der Waals surface area contributed by atoms with Gasteiger partial charge in [0, 0.05) is 24.6 Å². The van der Waals surface area contributed by atoms with Crippen LogP contribution in [0.4, 0.5) is 4.79 Å². The molecular formula is C35H49N3O10. The Bertz CT molecular complexity index is 1490. The predicted molar refractivity (Wildman–Crippen MR) is 173 cm³/mol. The van der Waals surface area contributed by atoms with Gasteiger partial charge in [-0.05, 0) is 84.2 Å². The monoisotopic (exact) mass is 671 g/mol. The molecule has 1 saturated heterocycles. The molecule has 2 bridgehead atoms. The SMILES string of the molecule is COc1ccc2c3c1O[C@H]1C(OC(=O)[C@H](C)OC(=O)CCNC(=O)[C@H](CC(C)C)NC(=O)OC(C)(C)C)=CC[C@@]4(O)[C@@H](C2)N(C)CC[C@]314. The van der Waals surface area contributed by atoms with Crippen molar-refractivity contribution in [3.63, 3.8) is 0 Å². The summed E-state index contributed by atoms with van der Waals surface area (Å²) >= 11 is 0. The van der Waals surface area contributed by atoms with E-state index in [4.69, 9.17) is 23.7 Å². The molecule has 0 aromatic heterocycles. The Kier molecular flexibility index (Phi) is 9.77. The quantitative estimate of drug-likeness (QED) is 0.234. The first-order valence-corrected chi connectivity index (χ1v) is 16.7. The van der Waals surface area contributed by atoms with E-state index in [9.17, 15) is 24.3 Å². The molecule has 1 fully saturated rings. The number of hydrogen-bond donors (Lipinski definition) is 3. The van der Waals surface area contributed by atoms with Crippen LogP contribution in [0.3, 0.4) is 0 Å². The number of carbonyl (C=O) groups excluding carboxylic acids is 4. The lowest BCUT2D eigenvalue weighted by Crippen LogP contribution is -2.74. The minimum atomic E-state index is -1.25. The van der Waals surface area contributed by atoms with Gasteiger partial charge in [0.1, 0.15) is 17.4 Å². The van der Waals surface area contributed by atoms with Gasteiger partial charge in [-0.3, -0.25) is 9.59 Å². The average molecular weight is 672 g/mol. The van der Waals surface area contributed by atoms with Gasteiger partial charge >= 0.3 is 18.0 Å². The van der Waals surface area contributed by atoms with Crippen molar-refractivity contribution in [2.75, 3.05) is 27.2 Å². The normalized spacial score (nSPS) is 26.7.